The maximum atomic E-state index is 5.27. The van der Waals surface area contributed by atoms with Crippen molar-refractivity contribution >= 4 is 16.9 Å². The molecule has 0 radical (unpaired) electrons. The summed E-state index contributed by atoms with van der Waals surface area (Å²) in [4.78, 5) is 4.53. The lowest BCUT2D eigenvalue weighted by atomic mass is 10.1. The molecule has 98 valence electrons. The highest BCUT2D eigenvalue weighted by Gasteiger charge is 2.20. The van der Waals surface area contributed by atoms with Gasteiger partial charge in [0.2, 0.25) is 0 Å². The van der Waals surface area contributed by atoms with E-state index >= 15 is 0 Å². The Bertz CT molecular complexity index is 537. The van der Waals surface area contributed by atoms with Crippen LogP contribution in [-0.2, 0) is 13.0 Å². The number of hydrogen-bond acceptors (Lipinski definition) is 3. The van der Waals surface area contributed by atoms with Crippen molar-refractivity contribution in [2.45, 2.75) is 19.0 Å². The summed E-state index contributed by atoms with van der Waals surface area (Å²) in [7, 11) is 0. The van der Waals surface area contributed by atoms with Crippen LogP contribution in [0.1, 0.15) is 11.3 Å². The Balaban J connectivity index is 1.54. The summed E-state index contributed by atoms with van der Waals surface area (Å²) in [6, 6.07) is 14.9. The van der Waals surface area contributed by atoms with Crippen LogP contribution in [0.3, 0.4) is 0 Å². The van der Waals surface area contributed by atoms with Crippen LogP contribution >= 0.6 is 11.8 Å². The number of nitrogens with one attached hydrogen (secondary N) is 1. The quantitative estimate of drug-likeness (QED) is 0.929. The van der Waals surface area contributed by atoms with Gasteiger partial charge in [0.15, 0.2) is 5.17 Å². The van der Waals surface area contributed by atoms with E-state index in [0.717, 1.165) is 23.1 Å². The Labute approximate surface area is 117 Å². The molecule has 1 unspecified atom stereocenters. The molecule has 2 heterocycles. The van der Waals surface area contributed by atoms with Crippen molar-refractivity contribution in [2.75, 3.05) is 5.75 Å². The Kier molecular flexibility index (Phi) is 3.89. The fourth-order valence-electron chi connectivity index (χ4n) is 2.09. The minimum absolute atomic E-state index is 0.475. The predicted octanol–water partition coefficient (Wildman–Crippen LogP) is 3.08. The fourth-order valence-corrected chi connectivity index (χ4v) is 3.06. The molecule has 1 fully saturated rings. The predicted molar refractivity (Wildman–Crippen MR) is 79.4 cm³/mol. The molecular formula is C15H16N2OS. The van der Waals surface area contributed by atoms with Crippen LogP contribution in [0.5, 0.6) is 0 Å². The van der Waals surface area contributed by atoms with Crippen LogP contribution in [-0.4, -0.2) is 17.0 Å². The number of nitrogens with zero attached hydrogens (tertiary/aromatic N) is 1. The SMILES string of the molecule is c1ccc(CC2CSC(=NCc3ccco3)N2)cc1. The van der Waals surface area contributed by atoms with Gasteiger partial charge in [-0.1, -0.05) is 42.1 Å². The van der Waals surface area contributed by atoms with Crippen LogP contribution in [0.15, 0.2) is 58.1 Å². The molecular weight excluding hydrogens is 256 g/mol. The monoisotopic (exact) mass is 272 g/mol. The van der Waals surface area contributed by atoms with Crippen molar-refractivity contribution in [3.8, 4) is 0 Å². The van der Waals surface area contributed by atoms with E-state index in [2.05, 4.69) is 40.6 Å². The maximum absolute atomic E-state index is 5.27. The van der Waals surface area contributed by atoms with Crippen LogP contribution in [0.25, 0.3) is 0 Å². The molecule has 0 aliphatic carbocycles. The van der Waals surface area contributed by atoms with Gasteiger partial charge >= 0.3 is 0 Å². The zero-order chi connectivity index (χ0) is 12.9. The number of rotatable bonds is 4. The number of furan rings is 1. The van der Waals surface area contributed by atoms with Gasteiger partial charge < -0.3 is 9.73 Å². The van der Waals surface area contributed by atoms with Gasteiger partial charge in [-0.05, 0) is 24.1 Å². The molecule has 3 nitrogen and oxygen atoms in total. The molecule has 1 aliphatic heterocycles. The second-order valence-corrected chi connectivity index (χ2v) is 5.55. The van der Waals surface area contributed by atoms with Gasteiger partial charge in [-0.3, -0.25) is 4.99 Å². The standard InChI is InChI=1S/C15H16N2OS/c1-2-5-12(6-3-1)9-13-11-19-15(17-13)16-10-14-7-4-8-18-14/h1-8,13H,9-11H2,(H,16,17). The molecule has 1 aromatic carbocycles. The minimum atomic E-state index is 0.475. The van der Waals surface area contributed by atoms with Gasteiger partial charge in [-0.2, -0.15) is 0 Å². The molecule has 0 bridgehead atoms. The highest BCUT2D eigenvalue weighted by Crippen LogP contribution is 2.18. The first-order valence-corrected chi connectivity index (χ1v) is 7.39. The van der Waals surface area contributed by atoms with E-state index in [9.17, 15) is 0 Å². The average Bonchev–Trinajstić information content (AvgIpc) is 3.09. The van der Waals surface area contributed by atoms with E-state index < -0.39 is 0 Å². The van der Waals surface area contributed by atoms with Crippen molar-refractivity contribution < 1.29 is 4.42 Å². The van der Waals surface area contributed by atoms with E-state index in [-0.39, 0.29) is 0 Å². The largest absolute Gasteiger partial charge is 0.467 e. The smallest absolute Gasteiger partial charge is 0.157 e. The van der Waals surface area contributed by atoms with E-state index in [0.29, 0.717) is 12.6 Å². The fraction of sp³-hybridized carbons (Fsp3) is 0.267. The molecule has 3 rings (SSSR count). The molecule has 1 aromatic heterocycles. The molecule has 1 N–H and O–H groups in total. The molecule has 0 amide bonds. The molecule has 1 atom stereocenters. The second-order valence-electron chi connectivity index (χ2n) is 4.54. The normalized spacial score (nSPS) is 20.6. The highest BCUT2D eigenvalue weighted by atomic mass is 32.2. The van der Waals surface area contributed by atoms with Gasteiger partial charge in [0.1, 0.15) is 5.76 Å². The topological polar surface area (TPSA) is 37.5 Å². The number of amidine groups is 1. The summed E-state index contributed by atoms with van der Waals surface area (Å²) in [5, 5.41) is 4.50. The van der Waals surface area contributed by atoms with Crippen LogP contribution in [0, 0.1) is 0 Å². The first kappa shape index (κ1) is 12.4. The van der Waals surface area contributed by atoms with Crippen LogP contribution in [0.2, 0.25) is 0 Å². The van der Waals surface area contributed by atoms with Gasteiger partial charge in [-0.25, -0.2) is 0 Å². The van der Waals surface area contributed by atoms with Crippen molar-refractivity contribution in [1.29, 1.82) is 0 Å². The van der Waals surface area contributed by atoms with E-state index in [1.807, 2.05) is 12.1 Å². The Hall–Kier alpha value is -1.68. The lowest BCUT2D eigenvalue weighted by molar-refractivity contribution is 0.512. The van der Waals surface area contributed by atoms with Gasteiger partial charge in [0, 0.05) is 11.8 Å². The van der Waals surface area contributed by atoms with Crippen molar-refractivity contribution in [3.05, 3.63) is 60.1 Å². The minimum Gasteiger partial charge on any atom is -0.467 e. The summed E-state index contributed by atoms with van der Waals surface area (Å²) < 4.78 is 5.27. The summed E-state index contributed by atoms with van der Waals surface area (Å²) in [5.41, 5.74) is 1.37. The lowest BCUT2D eigenvalue weighted by Gasteiger charge is -2.09. The molecule has 19 heavy (non-hydrogen) atoms. The summed E-state index contributed by atoms with van der Waals surface area (Å²) in [6.45, 7) is 0.611. The summed E-state index contributed by atoms with van der Waals surface area (Å²) >= 11 is 1.79. The third-order valence-electron chi connectivity index (χ3n) is 3.03. The highest BCUT2D eigenvalue weighted by molar-refractivity contribution is 8.14. The van der Waals surface area contributed by atoms with Crippen molar-refractivity contribution in [1.82, 2.24) is 5.32 Å². The maximum Gasteiger partial charge on any atom is 0.157 e. The third-order valence-corrected chi connectivity index (χ3v) is 4.12. The van der Waals surface area contributed by atoms with Crippen molar-refractivity contribution in [3.63, 3.8) is 0 Å². The Morgan fingerprint density at radius 2 is 2.11 bits per heavy atom. The van der Waals surface area contributed by atoms with Crippen LogP contribution in [0.4, 0.5) is 0 Å². The Morgan fingerprint density at radius 1 is 1.21 bits per heavy atom. The molecule has 0 spiro atoms. The number of aliphatic imine (C=N–C) groups is 1. The number of benzene rings is 1. The molecule has 1 aliphatic rings. The van der Waals surface area contributed by atoms with Gasteiger partial charge in [-0.15, -0.1) is 0 Å². The van der Waals surface area contributed by atoms with E-state index in [4.69, 9.17) is 4.42 Å². The first-order valence-electron chi connectivity index (χ1n) is 6.40. The third kappa shape index (κ3) is 3.41. The molecule has 1 saturated heterocycles. The summed E-state index contributed by atoms with van der Waals surface area (Å²) in [6.07, 6.45) is 2.73. The van der Waals surface area contributed by atoms with E-state index in [1.165, 1.54) is 5.56 Å². The zero-order valence-corrected chi connectivity index (χ0v) is 11.4. The second kappa shape index (κ2) is 5.97. The van der Waals surface area contributed by atoms with E-state index in [1.54, 1.807) is 18.0 Å². The van der Waals surface area contributed by atoms with Crippen molar-refractivity contribution in [2.24, 2.45) is 4.99 Å². The van der Waals surface area contributed by atoms with Gasteiger partial charge in [0.05, 0.1) is 12.8 Å². The van der Waals surface area contributed by atoms with Crippen LogP contribution < -0.4 is 5.32 Å². The number of thioether (sulfide) groups is 1. The number of hydrogen-bond donors (Lipinski definition) is 1. The molecule has 0 saturated carbocycles. The zero-order valence-electron chi connectivity index (χ0n) is 10.6. The lowest BCUT2D eigenvalue weighted by Crippen LogP contribution is -2.28. The first-order chi connectivity index (χ1) is 9.40. The average molecular weight is 272 g/mol. The van der Waals surface area contributed by atoms with Gasteiger partial charge in [0.25, 0.3) is 0 Å². The molecule has 4 heteroatoms. The summed E-state index contributed by atoms with van der Waals surface area (Å²) in [5.74, 6) is 1.98. The molecule has 2 aromatic rings. The Morgan fingerprint density at radius 3 is 2.89 bits per heavy atom.